The fourth-order valence-corrected chi connectivity index (χ4v) is 9.38. The van der Waals surface area contributed by atoms with E-state index in [4.69, 9.17) is 0 Å². The highest BCUT2D eigenvalue weighted by atomic mass is 19.1. The summed E-state index contributed by atoms with van der Waals surface area (Å²) in [6.07, 6.45) is 0. The summed E-state index contributed by atoms with van der Waals surface area (Å²) in [6.45, 7) is 18.4. The van der Waals surface area contributed by atoms with Gasteiger partial charge in [0, 0.05) is 49.5 Å². The number of hydrogen-bond acceptors (Lipinski definition) is 0. The van der Waals surface area contributed by atoms with Crippen molar-refractivity contribution < 1.29 is 4.39 Å². The van der Waals surface area contributed by atoms with Crippen LogP contribution in [0.2, 0.25) is 0 Å². The molecule has 0 aliphatic carbocycles. The lowest BCUT2D eigenvalue weighted by Crippen LogP contribution is -2.59. The SMILES string of the molecule is CC(C)c1ccc2c(c1)c1cc(C(C)C)cc3c1n2-c1cc(-c2ccccc2F)cc2c1B3c1cc(C(C)C)cc3c4cc(C(C)C)ccc4n-2c13. The van der Waals surface area contributed by atoms with Crippen LogP contribution in [0.3, 0.4) is 0 Å². The van der Waals surface area contributed by atoms with E-state index in [1.165, 1.54) is 82.3 Å². The minimum absolute atomic E-state index is 0.0323. The van der Waals surface area contributed by atoms with Crippen LogP contribution in [0.5, 0.6) is 0 Å². The number of hydrogen-bond donors (Lipinski definition) is 0. The molecule has 0 bridgehead atoms. The fourth-order valence-electron chi connectivity index (χ4n) is 9.38. The molecule has 0 saturated carbocycles. The van der Waals surface area contributed by atoms with Crippen molar-refractivity contribution in [3.8, 4) is 22.5 Å². The van der Waals surface area contributed by atoms with Crippen molar-refractivity contribution in [1.29, 1.82) is 0 Å². The maximum absolute atomic E-state index is 15.8. The lowest BCUT2D eigenvalue weighted by Gasteiger charge is -2.35. The first-order chi connectivity index (χ1) is 25.0. The second kappa shape index (κ2) is 11.0. The number of aromatic nitrogens is 2. The van der Waals surface area contributed by atoms with E-state index in [-0.39, 0.29) is 12.5 Å². The van der Waals surface area contributed by atoms with E-state index in [0.29, 0.717) is 29.2 Å². The maximum atomic E-state index is 15.8. The van der Waals surface area contributed by atoms with E-state index in [1.807, 2.05) is 12.1 Å². The topological polar surface area (TPSA) is 9.86 Å². The van der Waals surface area contributed by atoms with E-state index in [2.05, 4.69) is 137 Å². The zero-order chi connectivity index (χ0) is 35.9. The van der Waals surface area contributed by atoms with Gasteiger partial charge in [0.15, 0.2) is 0 Å². The Morgan fingerprint density at radius 2 is 0.923 bits per heavy atom. The minimum atomic E-state index is -0.199. The van der Waals surface area contributed by atoms with Crippen molar-refractivity contribution in [3.63, 3.8) is 0 Å². The van der Waals surface area contributed by atoms with Crippen LogP contribution in [0.1, 0.15) is 101 Å². The summed E-state index contributed by atoms with van der Waals surface area (Å²) < 4.78 is 20.9. The molecule has 6 aromatic carbocycles. The predicted octanol–water partition coefficient (Wildman–Crippen LogP) is 11.3. The number of rotatable bonds is 5. The van der Waals surface area contributed by atoms with Gasteiger partial charge in [-0.3, -0.25) is 0 Å². The standard InChI is InChI=1S/C48H44BFN2/c1-25(2)29-13-15-42-35(17-29)37-19-31(27(5)6)21-39-47(37)51(42)44-23-33(34-11-9-10-12-41(34)50)24-45-46(44)49(39)40-22-32(28(7)8)20-38-36-18-30(26(3)4)14-16-43(36)52(45)48(38)40/h9-28H,1-8H3. The highest BCUT2D eigenvalue weighted by Crippen LogP contribution is 2.43. The molecule has 8 aromatic rings. The molecule has 2 nitrogen and oxygen atoms in total. The van der Waals surface area contributed by atoms with Crippen LogP contribution in [-0.4, -0.2) is 15.8 Å². The molecule has 256 valence electrons. The number of nitrogens with zero attached hydrogens (tertiary/aromatic N) is 2. The van der Waals surface area contributed by atoms with E-state index in [9.17, 15) is 0 Å². The van der Waals surface area contributed by atoms with Crippen molar-refractivity contribution >= 4 is 66.7 Å². The third-order valence-electron chi connectivity index (χ3n) is 12.3. The maximum Gasteiger partial charge on any atom is 0.252 e. The normalized spacial score (nSPS) is 13.4. The average Bonchev–Trinajstić information content (AvgIpc) is 3.64. The van der Waals surface area contributed by atoms with Gasteiger partial charge in [-0.15, -0.1) is 0 Å². The number of fused-ring (bicyclic) bond motifs is 10. The van der Waals surface area contributed by atoms with Crippen molar-refractivity contribution in [2.75, 3.05) is 0 Å². The summed E-state index contributed by atoms with van der Waals surface area (Å²) in [5.74, 6) is 1.40. The molecule has 0 unspecified atom stereocenters. The average molecular weight is 679 g/mol. The molecule has 4 heterocycles. The second-order valence-corrected chi connectivity index (χ2v) is 16.7. The molecule has 0 amide bonds. The molecule has 52 heavy (non-hydrogen) atoms. The van der Waals surface area contributed by atoms with Gasteiger partial charge in [-0.05, 0) is 122 Å². The Balaban J connectivity index is 1.45. The van der Waals surface area contributed by atoms with Gasteiger partial charge in [0.1, 0.15) is 5.82 Å². The van der Waals surface area contributed by atoms with Crippen molar-refractivity contribution in [2.24, 2.45) is 0 Å². The van der Waals surface area contributed by atoms with Gasteiger partial charge in [0.25, 0.3) is 6.71 Å². The molecule has 2 aromatic heterocycles. The molecule has 0 atom stereocenters. The molecule has 0 saturated heterocycles. The van der Waals surface area contributed by atoms with Gasteiger partial charge in [-0.1, -0.05) is 97.9 Å². The van der Waals surface area contributed by atoms with Gasteiger partial charge in [-0.2, -0.15) is 0 Å². The molecule has 10 rings (SSSR count). The first kappa shape index (κ1) is 31.6. The zero-order valence-corrected chi connectivity index (χ0v) is 31.4. The quantitative estimate of drug-likeness (QED) is 0.160. The molecular weight excluding hydrogens is 634 g/mol. The highest BCUT2D eigenvalue weighted by Gasteiger charge is 2.42. The summed E-state index contributed by atoms with van der Waals surface area (Å²) in [4.78, 5) is 0. The van der Waals surface area contributed by atoms with Gasteiger partial charge < -0.3 is 9.13 Å². The number of benzene rings is 6. The molecule has 4 heteroatoms. The van der Waals surface area contributed by atoms with Crippen LogP contribution >= 0.6 is 0 Å². The third-order valence-corrected chi connectivity index (χ3v) is 12.3. The monoisotopic (exact) mass is 678 g/mol. The predicted molar refractivity (Wildman–Crippen MR) is 222 cm³/mol. The van der Waals surface area contributed by atoms with Gasteiger partial charge in [0.2, 0.25) is 0 Å². The van der Waals surface area contributed by atoms with E-state index in [1.54, 1.807) is 12.1 Å². The summed E-state index contributed by atoms with van der Waals surface area (Å²) in [7, 11) is 0. The zero-order valence-electron chi connectivity index (χ0n) is 31.4. The molecule has 0 N–H and O–H groups in total. The highest BCUT2D eigenvalue weighted by molar-refractivity contribution is 7.00. The molecule has 0 radical (unpaired) electrons. The fraction of sp³-hybridized carbons (Fsp3) is 0.250. The van der Waals surface area contributed by atoms with E-state index >= 15 is 4.39 Å². The lowest BCUT2D eigenvalue weighted by molar-refractivity contribution is 0.631. The first-order valence-electron chi connectivity index (χ1n) is 19.2. The van der Waals surface area contributed by atoms with Crippen molar-refractivity contribution in [3.05, 3.63) is 125 Å². The van der Waals surface area contributed by atoms with E-state index < -0.39 is 0 Å². The van der Waals surface area contributed by atoms with Crippen molar-refractivity contribution in [1.82, 2.24) is 9.13 Å². The Hall–Kier alpha value is -5.09. The summed E-state index contributed by atoms with van der Waals surface area (Å²) in [5, 5.41) is 5.21. The van der Waals surface area contributed by atoms with Crippen LogP contribution in [0, 0.1) is 5.82 Å². The van der Waals surface area contributed by atoms with Gasteiger partial charge in [0.05, 0.1) is 11.0 Å². The lowest BCUT2D eigenvalue weighted by atomic mass is 9.34. The largest absolute Gasteiger partial charge is 0.310 e. The van der Waals surface area contributed by atoms with Crippen LogP contribution < -0.4 is 16.4 Å². The molecule has 0 spiro atoms. The Morgan fingerprint density at radius 1 is 0.481 bits per heavy atom. The smallest absolute Gasteiger partial charge is 0.252 e. The van der Waals surface area contributed by atoms with Crippen LogP contribution in [0.15, 0.2) is 97.1 Å². The Bertz CT molecular complexity index is 2660. The summed E-state index contributed by atoms with van der Waals surface area (Å²) >= 11 is 0. The molecule has 2 aliphatic heterocycles. The van der Waals surface area contributed by atoms with Crippen LogP contribution in [-0.2, 0) is 0 Å². The van der Waals surface area contributed by atoms with E-state index in [0.717, 1.165) is 16.9 Å². The summed E-state index contributed by atoms with van der Waals surface area (Å²) in [5.41, 5.74) is 18.3. The first-order valence-corrected chi connectivity index (χ1v) is 19.2. The Labute approximate surface area is 306 Å². The van der Waals surface area contributed by atoms with Gasteiger partial charge >= 0.3 is 0 Å². The Morgan fingerprint density at radius 3 is 1.37 bits per heavy atom. The minimum Gasteiger partial charge on any atom is -0.310 e. The number of halogens is 1. The van der Waals surface area contributed by atoms with Crippen molar-refractivity contribution in [2.45, 2.75) is 79.1 Å². The third kappa shape index (κ3) is 4.18. The van der Waals surface area contributed by atoms with Gasteiger partial charge in [-0.25, -0.2) is 4.39 Å². The summed E-state index contributed by atoms with van der Waals surface area (Å²) in [6, 6.07) is 35.8. The molecule has 2 aliphatic rings. The molecule has 0 fully saturated rings. The van der Waals surface area contributed by atoms with Crippen LogP contribution in [0.4, 0.5) is 4.39 Å². The second-order valence-electron chi connectivity index (χ2n) is 16.7. The Kier molecular flexibility index (Phi) is 6.67. The molecular formula is C48H44BFN2. The van der Waals surface area contributed by atoms with Crippen LogP contribution in [0.25, 0.3) is 66.1 Å².